The summed E-state index contributed by atoms with van der Waals surface area (Å²) in [5.41, 5.74) is 0.291. The van der Waals surface area contributed by atoms with Gasteiger partial charge >= 0.3 is 5.97 Å². The van der Waals surface area contributed by atoms with Gasteiger partial charge < -0.3 is 10.4 Å². The van der Waals surface area contributed by atoms with Crippen LogP contribution >= 0.6 is 11.6 Å². The number of carbonyl (C=O) groups excluding carboxylic acids is 2. The van der Waals surface area contributed by atoms with Crippen molar-refractivity contribution in [2.24, 2.45) is 0 Å². The maximum Gasteiger partial charge on any atom is 0.335 e. The zero-order valence-corrected chi connectivity index (χ0v) is 12.7. The fourth-order valence-electron chi connectivity index (χ4n) is 2.31. The third-order valence-electron chi connectivity index (χ3n) is 3.50. The highest BCUT2D eigenvalue weighted by Gasteiger charge is 2.29. The summed E-state index contributed by atoms with van der Waals surface area (Å²) in [6.45, 7) is 0. The van der Waals surface area contributed by atoms with E-state index in [2.05, 4.69) is 5.32 Å². The maximum atomic E-state index is 13.5. The molecule has 0 radical (unpaired) electrons. The van der Waals surface area contributed by atoms with E-state index in [1.54, 1.807) is 0 Å². The molecule has 7 heteroatoms. The molecule has 1 aliphatic heterocycles. The van der Waals surface area contributed by atoms with Crippen molar-refractivity contribution in [3.8, 4) is 0 Å². The molecule has 2 aromatic rings. The zero-order chi connectivity index (χ0) is 17.4. The van der Waals surface area contributed by atoms with E-state index in [1.807, 2.05) is 0 Å². The lowest BCUT2D eigenvalue weighted by Crippen LogP contribution is -2.27. The Morgan fingerprint density at radius 1 is 1.17 bits per heavy atom. The van der Waals surface area contributed by atoms with Gasteiger partial charge in [0.05, 0.1) is 21.8 Å². The van der Waals surface area contributed by atoms with E-state index in [9.17, 15) is 18.8 Å². The Balaban J connectivity index is 2.07. The Morgan fingerprint density at radius 3 is 2.58 bits per heavy atom. The Bertz CT molecular complexity index is 936. The van der Waals surface area contributed by atoms with Crippen LogP contribution in [0.25, 0.3) is 6.08 Å². The summed E-state index contributed by atoms with van der Waals surface area (Å²) in [5.74, 6) is -3.14. The second-order valence-electron chi connectivity index (χ2n) is 5.08. The molecule has 0 aromatic heterocycles. The monoisotopic (exact) mass is 345 g/mol. The average molecular weight is 346 g/mol. The predicted molar refractivity (Wildman–Crippen MR) is 85.7 cm³/mol. The summed E-state index contributed by atoms with van der Waals surface area (Å²) in [6, 6.07) is 7.70. The van der Waals surface area contributed by atoms with Crippen LogP contribution in [-0.2, 0) is 4.79 Å². The fraction of sp³-hybridized carbons (Fsp3) is 0. The van der Waals surface area contributed by atoms with Crippen LogP contribution in [0.5, 0.6) is 0 Å². The van der Waals surface area contributed by atoms with Gasteiger partial charge in [0.1, 0.15) is 5.82 Å². The van der Waals surface area contributed by atoms with Crippen molar-refractivity contribution in [1.82, 2.24) is 0 Å². The molecular formula is C17H9ClFNO4. The largest absolute Gasteiger partial charge is 0.478 e. The number of nitrogens with one attached hydrogen (secondary N) is 1. The van der Waals surface area contributed by atoms with E-state index in [0.717, 1.165) is 6.07 Å². The van der Waals surface area contributed by atoms with Crippen LogP contribution in [0.1, 0.15) is 26.3 Å². The Labute approximate surface area is 140 Å². The first-order valence-electron chi connectivity index (χ1n) is 6.77. The number of fused-ring (bicyclic) bond motifs is 1. The maximum absolute atomic E-state index is 13.5. The van der Waals surface area contributed by atoms with Crippen LogP contribution in [0.2, 0.25) is 5.02 Å². The predicted octanol–water partition coefficient (Wildman–Crippen LogP) is 3.40. The van der Waals surface area contributed by atoms with Crippen LogP contribution in [0.3, 0.4) is 0 Å². The standard InChI is InChI=1S/C17H9ClFNO4/c18-12-3-1-8(6-13(12)19)5-11-15(21)10-7-9(17(23)24)2-4-14(10)20-16(11)22/h1-7H,(H,20,22)(H,23,24)/b11-5-. The molecule has 120 valence electrons. The second kappa shape index (κ2) is 5.90. The van der Waals surface area contributed by atoms with Crippen LogP contribution in [0, 0.1) is 5.82 Å². The SMILES string of the molecule is O=C1Nc2ccc(C(=O)O)cc2C(=O)/C1=C/c1ccc(Cl)c(F)c1. The number of hydrogen-bond acceptors (Lipinski definition) is 3. The molecule has 0 bridgehead atoms. The molecule has 0 unspecified atom stereocenters. The van der Waals surface area contributed by atoms with E-state index in [0.29, 0.717) is 0 Å². The fourth-order valence-corrected chi connectivity index (χ4v) is 2.43. The second-order valence-corrected chi connectivity index (χ2v) is 5.49. The number of halogens is 2. The van der Waals surface area contributed by atoms with Crippen molar-refractivity contribution in [3.63, 3.8) is 0 Å². The summed E-state index contributed by atoms with van der Waals surface area (Å²) in [4.78, 5) is 35.7. The van der Waals surface area contributed by atoms with E-state index >= 15 is 0 Å². The first-order chi connectivity index (χ1) is 11.4. The highest BCUT2D eigenvalue weighted by Crippen LogP contribution is 2.28. The quantitative estimate of drug-likeness (QED) is 0.645. The molecule has 0 saturated carbocycles. The number of aromatic carboxylic acids is 1. The number of anilines is 1. The molecule has 0 atom stereocenters. The molecule has 5 nitrogen and oxygen atoms in total. The summed E-state index contributed by atoms with van der Waals surface area (Å²) in [5, 5.41) is 11.5. The van der Waals surface area contributed by atoms with Gasteiger partial charge in [0, 0.05) is 5.56 Å². The molecule has 1 aliphatic rings. The van der Waals surface area contributed by atoms with Crippen molar-refractivity contribution in [2.75, 3.05) is 5.32 Å². The van der Waals surface area contributed by atoms with Crippen molar-refractivity contribution in [2.45, 2.75) is 0 Å². The molecule has 0 fully saturated rings. The minimum Gasteiger partial charge on any atom is -0.478 e. The van der Waals surface area contributed by atoms with Gasteiger partial charge in [-0.05, 0) is 42.0 Å². The lowest BCUT2D eigenvalue weighted by atomic mass is 9.93. The lowest BCUT2D eigenvalue weighted by molar-refractivity contribution is -0.112. The van der Waals surface area contributed by atoms with Crippen molar-refractivity contribution < 1.29 is 23.9 Å². The summed E-state index contributed by atoms with van der Waals surface area (Å²) in [6.07, 6.45) is 1.23. The van der Waals surface area contributed by atoms with E-state index in [1.165, 1.54) is 36.4 Å². The summed E-state index contributed by atoms with van der Waals surface area (Å²) >= 11 is 5.60. The molecule has 1 heterocycles. The third kappa shape index (κ3) is 2.79. The van der Waals surface area contributed by atoms with Crippen LogP contribution in [0.4, 0.5) is 10.1 Å². The number of carbonyl (C=O) groups is 3. The van der Waals surface area contributed by atoms with Gasteiger partial charge in [-0.15, -0.1) is 0 Å². The van der Waals surface area contributed by atoms with Crippen LogP contribution in [-0.4, -0.2) is 22.8 Å². The van der Waals surface area contributed by atoms with E-state index in [4.69, 9.17) is 16.7 Å². The normalized spacial score (nSPS) is 15.2. The Kier molecular flexibility index (Phi) is 3.91. The molecule has 3 rings (SSSR count). The zero-order valence-electron chi connectivity index (χ0n) is 12.0. The van der Waals surface area contributed by atoms with Gasteiger partial charge in [0.15, 0.2) is 0 Å². The lowest BCUT2D eigenvalue weighted by Gasteiger charge is -2.18. The molecular weight excluding hydrogens is 337 g/mol. The number of rotatable bonds is 2. The number of ketones is 1. The molecule has 0 aliphatic carbocycles. The Hall–Kier alpha value is -2.99. The summed E-state index contributed by atoms with van der Waals surface area (Å²) in [7, 11) is 0. The smallest absolute Gasteiger partial charge is 0.335 e. The highest BCUT2D eigenvalue weighted by atomic mass is 35.5. The first kappa shape index (κ1) is 15.9. The number of amides is 1. The molecule has 24 heavy (non-hydrogen) atoms. The van der Waals surface area contributed by atoms with E-state index in [-0.39, 0.29) is 33.0 Å². The molecule has 2 N–H and O–H groups in total. The minimum atomic E-state index is -1.19. The van der Waals surface area contributed by atoms with Crippen molar-refractivity contribution >= 4 is 41.0 Å². The molecule has 0 spiro atoms. The van der Waals surface area contributed by atoms with Crippen molar-refractivity contribution in [1.29, 1.82) is 0 Å². The average Bonchev–Trinajstić information content (AvgIpc) is 2.54. The summed E-state index contributed by atoms with van der Waals surface area (Å²) < 4.78 is 13.5. The van der Waals surface area contributed by atoms with Crippen LogP contribution < -0.4 is 5.32 Å². The number of hydrogen-bond donors (Lipinski definition) is 2. The number of Topliss-reactive ketones (excluding diaryl/α,β-unsaturated/α-hetero) is 1. The van der Waals surface area contributed by atoms with Crippen LogP contribution in [0.15, 0.2) is 42.0 Å². The van der Waals surface area contributed by atoms with Gasteiger partial charge in [0.25, 0.3) is 5.91 Å². The van der Waals surface area contributed by atoms with Gasteiger partial charge in [-0.25, -0.2) is 9.18 Å². The minimum absolute atomic E-state index is 0.0650. The van der Waals surface area contributed by atoms with E-state index < -0.39 is 23.5 Å². The van der Waals surface area contributed by atoms with Gasteiger partial charge in [-0.2, -0.15) is 0 Å². The number of benzene rings is 2. The van der Waals surface area contributed by atoms with Crippen molar-refractivity contribution in [3.05, 3.63) is 69.5 Å². The van der Waals surface area contributed by atoms with Gasteiger partial charge in [0.2, 0.25) is 5.78 Å². The molecule has 2 aromatic carbocycles. The topological polar surface area (TPSA) is 83.5 Å². The highest BCUT2D eigenvalue weighted by molar-refractivity contribution is 6.36. The van der Waals surface area contributed by atoms with Gasteiger partial charge in [-0.1, -0.05) is 17.7 Å². The molecule has 0 saturated heterocycles. The first-order valence-corrected chi connectivity index (χ1v) is 7.15. The number of carboxylic acid groups (broad SMARTS) is 1. The van der Waals surface area contributed by atoms with Gasteiger partial charge in [-0.3, -0.25) is 9.59 Å². The Morgan fingerprint density at radius 2 is 1.92 bits per heavy atom. The third-order valence-corrected chi connectivity index (χ3v) is 3.81. The number of carboxylic acids is 1. The molecule has 1 amide bonds.